The number of aliphatic hydroxyl groups excluding tert-OH is 1. The molecule has 0 aromatic carbocycles. The first kappa shape index (κ1) is 13.9. The summed E-state index contributed by atoms with van der Waals surface area (Å²) >= 11 is 0. The standard InChI is InChI=1S/C10H19NO4/c1-4-9(11-8(3)13)6-15-10(14)5-7(2)12/h7,9,12H,4-6H2,1-3H3,(H,11,13)/t7-,9-/m1/s1. The Morgan fingerprint density at radius 3 is 2.47 bits per heavy atom. The van der Waals surface area contributed by atoms with Crippen LogP contribution in [0.2, 0.25) is 0 Å². The summed E-state index contributed by atoms with van der Waals surface area (Å²) in [6, 6.07) is -0.152. The van der Waals surface area contributed by atoms with Gasteiger partial charge < -0.3 is 15.2 Å². The Morgan fingerprint density at radius 1 is 1.47 bits per heavy atom. The lowest BCUT2D eigenvalue weighted by molar-refractivity contribution is -0.146. The van der Waals surface area contributed by atoms with E-state index < -0.39 is 12.1 Å². The number of nitrogens with one attached hydrogen (secondary N) is 1. The molecule has 0 saturated carbocycles. The van der Waals surface area contributed by atoms with Gasteiger partial charge in [0.15, 0.2) is 0 Å². The Kier molecular flexibility index (Phi) is 6.70. The number of hydrogen-bond donors (Lipinski definition) is 2. The van der Waals surface area contributed by atoms with Gasteiger partial charge in [0.05, 0.1) is 18.6 Å². The molecule has 0 aliphatic carbocycles. The van der Waals surface area contributed by atoms with E-state index in [4.69, 9.17) is 9.84 Å². The monoisotopic (exact) mass is 217 g/mol. The van der Waals surface area contributed by atoms with Gasteiger partial charge in [0, 0.05) is 6.92 Å². The van der Waals surface area contributed by atoms with Crippen molar-refractivity contribution in [2.45, 2.75) is 45.8 Å². The van der Waals surface area contributed by atoms with Gasteiger partial charge in [0.1, 0.15) is 6.61 Å². The highest BCUT2D eigenvalue weighted by Crippen LogP contribution is 1.97. The smallest absolute Gasteiger partial charge is 0.308 e. The minimum absolute atomic E-state index is 0.0174. The number of aliphatic hydroxyl groups is 1. The van der Waals surface area contributed by atoms with Gasteiger partial charge in [0.2, 0.25) is 5.91 Å². The van der Waals surface area contributed by atoms with E-state index in [1.165, 1.54) is 13.8 Å². The van der Waals surface area contributed by atoms with E-state index in [1.54, 1.807) is 0 Å². The average Bonchev–Trinajstić information content (AvgIpc) is 2.10. The van der Waals surface area contributed by atoms with Crippen molar-refractivity contribution in [3.63, 3.8) is 0 Å². The van der Waals surface area contributed by atoms with Crippen LogP contribution in [0.25, 0.3) is 0 Å². The average molecular weight is 217 g/mol. The number of esters is 1. The maximum Gasteiger partial charge on any atom is 0.308 e. The molecule has 0 heterocycles. The van der Waals surface area contributed by atoms with E-state index in [1.807, 2.05) is 6.92 Å². The number of rotatable bonds is 6. The summed E-state index contributed by atoms with van der Waals surface area (Å²) in [6.07, 6.45) is -0.0174. The Bertz CT molecular complexity index is 215. The first-order valence-electron chi connectivity index (χ1n) is 5.06. The molecule has 0 unspecified atom stereocenters. The molecule has 2 atom stereocenters. The Balaban J connectivity index is 3.79. The molecule has 0 radical (unpaired) electrons. The van der Waals surface area contributed by atoms with Gasteiger partial charge in [-0.05, 0) is 13.3 Å². The van der Waals surface area contributed by atoms with Gasteiger partial charge in [-0.25, -0.2) is 0 Å². The van der Waals surface area contributed by atoms with E-state index in [-0.39, 0.29) is 25.0 Å². The molecular weight excluding hydrogens is 198 g/mol. The van der Waals surface area contributed by atoms with Crippen LogP contribution in [-0.4, -0.2) is 35.7 Å². The van der Waals surface area contributed by atoms with Crippen LogP contribution in [0.3, 0.4) is 0 Å². The summed E-state index contributed by atoms with van der Waals surface area (Å²) in [4.78, 5) is 21.8. The lowest BCUT2D eigenvalue weighted by Gasteiger charge is -2.16. The van der Waals surface area contributed by atoms with Crippen molar-refractivity contribution >= 4 is 11.9 Å². The molecule has 0 rings (SSSR count). The van der Waals surface area contributed by atoms with Gasteiger partial charge in [-0.15, -0.1) is 0 Å². The highest BCUT2D eigenvalue weighted by Gasteiger charge is 2.12. The molecule has 0 fully saturated rings. The summed E-state index contributed by atoms with van der Waals surface area (Å²) in [6.45, 7) is 4.98. The minimum Gasteiger partial charge on any atom is -0.463 e. The van der Waals surface area contributed by atoms with Crippen molar-refractivity contribution in [2.24, 2.45) is 0 Å². The number of hydrogen-bond acceptors (Lipinski definition) is 4. The Labute approximate surface area is 89.8 Å². The second kappa shape index (κ2) is 7.23. The van der Waals surface area contributed by atoms with Gasteiger partial charge in [-0.3, -0.25) is 9.59 Å². The van der Waals surface area contributed by atoms with Crippen LogP contribution < -0.4 is 5.32 Å². The maximum absolute atomic E-state index is 11.1. The quantitative estimate of drug-likeness (QED) is 0.624. The number of carbonyl (C=O) groups is 2. The summed E-state index contributed by atoms with van der Waals surface area (Å²) in [7, 11) is 0. The second-order valence-corrected chi connectivity index (χ2v) is 3.54. The molecule has 0 bridgehead atoms. The lowest BCUT2D eigenvalue weighted by atomic mass is 10.2. The van der Waals surface area contributed by atoms with E-state index in [0.29, 0.717) is 6.42 Å². The zero-order valence-electron chi connectivity index (χ0n) is 9.45. The van der Waals surface area contributed by atoms with Crippen LogP contribution in [0.15, 0.2) is 0 Å². The van der Waals surface area contributed by atoms with Crippen molar-refractivity contribution < 1.29 is 19.4 Å². The predicted molar refractivity (Wildman–Crippen MR) is 55.2 cm³/mol. The number of ether oxygens (including phenoxy) is 1. The van der Waals surface area contributed by atoms with Gasteiger partial charge in [-0.1, -0.05) is 6.92 Å². The molecule has 88 valence electrons. The highest BCUT2D eigenvalue weighted by atomic mass is 16.5. The molecule has 0 aliphatic rings. The van der Waals surface area contributed by atoms with E-state index >= 15 is 0 Å². The first-order valence-corrected chi connectivity index (χ1v) is 5.06. The fraction of sp³-hybridized carbons (Fsp3) is 0.800. The molecule has 5 heteroatoms. The molecule has 0 spiro atoms. The van der Waals surface area contributed by atoms with Gasteiger partial charge in [0.25, 0.3) is 0 Å². The van der Waals surface area contributed by atoms with Crippen LogP contribution >= 0.6 is 0 Å². The van der Waals surface area contributed by atoms with Crippen LogP contribution in [0, 0.1) is 0 Å². The van der Waals surface area contributed by atoms with E-state index in [9.17, 15) is 9.59 Å². The fourth-order valence-electron chi connectivity index (χ4n) is 1.04. The lowest BCUT2D eigenvalue weighted by Crippen LogP contribution is -2.37. The normalized spacial score (nSPS) is 14.1. The van der Waals surface area contributed by atoms with Crippen molar-refractivity contribution in [3.05, 3.63) is 0 Å². The first-order chi connectivity index (χ1) is 6.95. The van der Waals surface area contributed by atoms with Crippen LogP contribution in [0.5, 0.6) is 0 Å². The number of carbonyl (C=O) groups excluding carboxylic acids is 2. The van der Waals surface area contributed by atoms with Crippen LogP contribution in [0.4, 0.5) is 0 Å². The zero-order valence-corrected chi connectivity index (χ0v) is 9.45. The fourth-order valence-corrected chi connectivity index (χ4v) is 1.04. The third-order valence-electron chi connectivity index (χ3n) is 1.81. The van der Waals surface area contributed by atoms with Crippen LogP contribution in [-0.2, 0) is 14.3 Å². The molecule has 5 nitrogen and oxygen atoms in total. The molecular formula is C10H19NO4. The summed E-state index contributed by atoms with van der Waals surface area (Å²) in [5, 5.41) is 11.6. The minimum atomic E-state index is -0.696. The van der Waals surface area contributed by atoms with E-state index in [2.05, 4.69) is 5.32 Å². The largest absolute Gasteiger partial charge is 0.463 e. The summed E-state index contributed by atoms with van der Waals surface area (Å²) in [5.74, 6) is -0.595. The topological polar surface area (TPSA) is 75.6 Å². The number of amides is 1. The van der Waals surface area contributed by atoms with E-state index in [0.717, 1.165) is 0 Å². The molecule has 0 aliphatic heterocycles. The molecule has 0 saturated heterocycles. The molecule has 2 N–H and O–H groups in total. The van der Waals surface area contributed by atoms with Crippen molar-refractivity contribution in [3.8, 4) is 0 Å². The SMILES string of the molecule is CC[C@H](COC(=O)C[C@@H](C)O)NC(C)=O. The molecule has 1 amide bonds. The molecule has 0 aromatic heterocycles. The highest BCUT2D eigenvalue weighted by molar-refractivity contribution is 5.73. The maximum atomic E-state index is 11.1. The Morgan fingerprint density at radius 2 is 2.07 bits per heavy atom. The summed E-state index contributed by atoms with van der Waals surface area (Å²) in [5.41, 5.74) is 0. The van der Waals surface area contributed by atoms with Crippen molar-refractivity contribution in [1.82, 2.24) is 5.32 Å². The Hall–Kier alpha value is -1.10. The van der Waals surface area contributed by atoms with Crippen molar-refractivity contribution in [1.29, 1.82) is 0 Å². The van der Waals surface area contributed by atoms with Gasteiger partial charge >= 0.3 is 5.97 Å². The molecule has 0 aromatic rings. The third kappa shape index (κ3) is 7.93. The van der Waals surface area contributed by atoms with Crippen LogP contribution in [0.1, 0.15) is 33.6 Å². The third-order valence-corrected chi connectivity index (χ3v) is 1.81. The summed E-state index contributed by atoms with van der Waals surface area (Å²) < 4.78 is 4.89. The molecule has 15 heavy (non-hydrogen) atoms. The predicted octanol–water partition coefficient (Wildman–Crippen LogP) is 0.215. The van der Waals surface area contributed by atoms with Crippen molar-refractivity contribution in [2.75, 3.05) is 6.61 Å². The van der Waals surface area contributed by atoms with Gasteiger partial charge in [-0.2, -0.15) is 0 Å². The second-order valence-electron chi connectivity index (χ2n) is 3.54. The zero-order chi connectivity index (χ0) is 11.8.